The number of hydrogen-bond acceptors (Lipinski definition) is 5. The van der Waals surface area contributed by atoms with Gasteiger partial charge in [0, 0.05) is 7.11 Å². The van der Waals surface area contributed by atoms with Gasteiger partial charge >= 0.3 is 4.87 Å². The van der Waals surface area contributed by atoms with Gasteiger partial charge in [-0.2, -0.15) is 0 Å². The Labute approximate surface area is 94.3 Å². The van der Waals surface area contributed by atoms with E-state index in [2.05, 4.69) is 9.97 Å². The van der Waals surface area contributed by atoms with Crippen LogP contribution >= 0.6 is 22.9 Å². The Bertz CT molecular complexity index is 536. The summed E-state index contributed by atoms with van der Waals surface area (Å²) >= 11 is 6.90. The predicted molar refractivity (Wildman–Crippen MR) is 58.6 cm³/mol. The zero-order valence-corrected chi connectivity index (χ0v) is 9.51. The van der Waals surface area contributed by atoms with E-state index in [1.54, 1.807) is 7.11 Å². The average Bonchev–Trinajstić information content (AvgIpc) is 2.54. The third-order valence-electron chi connectivity index (χ3n) is 1.93. The third-order valence-corrected chi connectivity index (χ3v) is 3.30. The van der Waals surface area contributed by atoms with Crippen molar-refractivity contribution in [3.63, 3.8) is 0 Å². The van der Waals surface area contributed by atoms with Gasteiger partial charge in [0.25, 0.3) is 0 Å². The van der Waals surface area contributed by atoms with Crippen molar-refractivity contribution in [1.29, 1.82) is 0 Å². The van der Waals surface area contributed by atoms with Crippen LogP contribution in [-0.4, -0.2) is 28.3 Å². The maximum Gasteiger partial charge on any atom is 0.309 e. The van der Waals surface area contributed by atoms with Crippen LogP contribution in [0.5, 0.6) is 0 Å². The molecule has 7 heteroatoms. The fourth-order valence-corrected chi connectivity index (χ4v) is 2.33. The summed E-state index contributed by atoms with van der Waals surface area (Å²) in [5, 5.41) is 0.318. The Morgan fingerprint density at radius 3 is 3.13 bits per heavy atom. The van der Waals surface area contributed by atoms with Gasteiger partial charge in [-0.3, -0.25) is 9.36 Å². The largest absolute Gasteiger partial charge is 0.383 e. The molecule has 0 saturated heterocycles. The van der Waals surface area contributed by atoms with E-state index in [0.717, 1.165) is 11.3 Å². The van der Waals surface area contributed by atoms with Gasteiger partial charge in [0.1, 0.15) is 11.0 Å². The molecule has 0 spiro atoms. The zero-order chi connectivity index (χ0) is 10.8. The molecule has 0 aliphatic rings. The molecule has 80 valence electrons. The molecule has 0 bridgehead atoms. The lowest BCUT2D eigenvalue weighted by Crippen LogP contribution is -2.16. The highest BCUT2D eigenvalue weighted by molar-refractivity contribution is 7.17. The van der Waals surface area contributed by atoms with Crippen LogP contribution in [0.1, 0.15) is 0 Å². The van der Waals surface area contributed by atoms with E-state index in [-0.39, 0.29) is 4.87 Å². The zero-order valence-electron chi connectivity index (χ0n) is 7.94. The van der Waals surface area contributed by atoms with Crippen LogP contribution in [0.2, 0.25) is 5.15 Å². The monoisotopic (exact) mass is 245 g/mol. The molecule has 0 atom stereocenters. The van der Waals surface area contributed by atoms with Gasteiger partial charge in [-0.15, -0.1) is 0 Å². The molecule has 0 radical (unpaired) electrons. The second-order valence-electron chi connectivity index (χ2n) is 2.83. The first-order chi connectivity index (χ1) is 7.24. The standard InChI is InChI=1S/C8H8ClN3O2S/c1-14-3-2-12-7-5(15-8(12)13)6(9)10-4-11-7/h4H,2-3H2,1H3. The number of fused-ring (bicyclic) bond motifs is 1. The lowest BCUT2D eigenvalue weighted by atomic mass is 10.5. The summed E-state index contributed by atoms with van der Waals surface area (Å²) in [4.78, 5) is 19.4. The van der Waals surface area contributed by atoms with E-state index in [1.807, 2.05) is 0 Å². The SMILES string of the molecule is COCCn1c(=O)sc2c(Cl)ncnc21. The molecule has 2 aromatic heterocycles. The normalized spacial score (nSPS) is 11.1. The summed E-state index contributed by atoms with van der Waals surface area (Å²) < 4.78 is 7.08. The quantitative estimate of drug-likeness (QED) is 0.762. The van der Waals surface area contributed by atoms with Crippen molar-refractivity contribution >= 4 is 33.3 Å². The Kier molecular flexibility index (Phi) is 2.99. The van der Waals surface area contributed by atoms with Crippen LogP contribution in [0.25, 0.3) is 10.3 Å². The maximum atomic E-state index is 11.6. The summed E-state index contributed by atoms with van der Waals surface area (Å²) in [5.74, 6) is 0. The Morgan fingerprint density at radius 1 is 1.60 bits per heavy atom. The maximum absolute atomic E-state index is 11.6. The second kappa shape index (κ2) is 4.26. The van der Waals surface area contributed by atoms with Crippen LogP contribution in [0.4, 0.5) is 0 Å². The highest BCUT2D eigenvalue weighted by atomic mass is 35.5. The summed E-state index contributed by atoms with van der Waals surface area (Å²) in [6.07, 6.45) is 1.35. The number of ether oxygens (including phenoxy) is 1. The van der Waals surface area contributed by atoms with Gasteiger partial charge in [0.2, 0.25) is 0 Å². The van der Waals surface area contributed by atoms with Crippen LogP contribution in [0.15, 0.2) is 11.1 Å². The molecule has 0 aliphatic heterocycles. The van der Waals surface area contributed by atoms with Crippen molar-refractivity contribution in [2.75, 3.05) is 13.7 Å². The number of hydrogen-bond donors (Lipinski definition) is 0. The van der Waals surface area contributed by atoms with Crippen LogP contribution in [-0.2, 0) is 11.3 Å². The van der Waals surface area contributed by atoms with Crippen molar-refractivity contribution in [3.8, 4) is 0 Å². The summed E-state index contributed by atoms with van der Waals surface area (Å²) in [6.45, 7) is 0.941. The van der Waals surface area contributed by atoms with Gasteiger partial charge in [0.15, 0.2) is 10.8 Å². The number of thiazole rings is 1. The molecule has 2 rings (SSSR count). The molecule has 0 aliphatic carbocycles. The molecular formula is C8H8ClN3O2S. The van der Waals surface area contributed by atoms with Crippen molar-refractivity contribution in [2.24, 2.45) is 0 Å². The molecule has 2 heterocycles. The third kappa shape index (κ3) is 1.88. The number of halogens is 1. The molecule has 0 unspecified atom stereocenters. The first-order valence-corrected chi connectivity index (χ1v) is 5.42. The van der Waals surface area contributed by atoms with Crippen molar-refractivity contribution < 1.29 is 4.74 Å². The highest BCUT2D eigenvalue weighted by Crippen LogP contribution is 2.21. The fourth-order valence-electron chi connectivity index (χ4n) is 1.23. The van der Waals surface area contributed by atoms with E-state index >= 15 is 0 Å². The van der Waals surface area contributed by atoms with Crippen molar-refractivity contribution in [1.82, 2.24) is 14.5 Å². The lowest BCUT2D eigenvalue weighted by Gasteiger charge is -2.00. The summed E-state index contributed by atoms with van der Waals surface area (Å²) in [5.41, 5.74) is 0.571. The van der Waals surface area contributed by atoms with E-state index in [0.29, 0.717) is 28.7 Å². The number of nitrogens with zero attached hydrogens (tertiary/aromatic N) is 3. The van der Waals surface area contributed by atoms with E-state index in [9.17, 15) is 4.79 Å². The Hall–Kier alpha value is -0.980. The van der Waals surface area contributed by atoms with Crippen molar-refractivity contribution in [2.45, 2.75) is 6.54 Å². The summed E-state index contributed by atoms with van der Waals surface area (Å²) in [6, 6.07) is 0. The number of methoxy groups -OCH3 is 1. The van der Waals surface area contributed by atoms with Crippen LogP contribution in [0, 0.1) is 0 Å². The topological polar surface area (TPSA) is 57.0 Å². The minimum absolute atomic E-state index is 0.0931. The Balaban J connectivity index is 2.58. The second-order valence-corrected chi connectivity index (χ2v) is 4.15. The molecular weight excluding hydrogens is 238 g/mol. The molecule has 0 amide bonds. The first-order valence-electron chi connectivity index (χ1n) is 4.23. The fraction of sp³-hybridized carbons (Fsp3) is 0.375. The van der Waals surface area contributed by atoms with Gasteiger partial charge in [-0.25, -0.2) is 9.97 Å². The minimum atomic E-state index is -0.0931. The predicted octanol–water partition coefficient (Wildman–Crippen LogP) is 1.15. The van der Waals surface area contributed by atoms with Gasteiger partial charge in [-0.05, 0) is 0 Å². The van der Waals surface area contributed by atoms with Crippen molar-refractivity contribution in [3.05, 3.63) is 21.1 Å². The minimum Gasteiger partial charge on any atom is -0.383 e. The smallest absolute Gasteiger partial charge is 0.309 e. The highest BCUT2D eigenvalue weighted by Gasteiger charge is 2.11. The van der Waals surface area contributed by atoms with E-state index in [4.69, 9.17) is 16.3 Å². The van der Waals surface area contributed by atoms with Crippen LogP contribution in [0.3, 0.4) is 0 Å². The molecule has 0 fully saturated rings. The van der Waals surface area contributed by atoms with Gasteiger partial charge in [0.05, 0.1) is 13.2 Å². The first kappa shape index (κ1) is 10.5. The molecule has 0 saturated carbocycles. The molecule has 15 heavy (non-hydrogen) atoms. The van der Waals surface area contributed by atoms with Gasteiger partial charge < -0.3 is 4.74 Å². The van der Waals surface area contributed by atoms with E-state index in [1.165, 1.54) is 10.9 Å². The van der Waals surface area contributed by atoms with E-state index < -0.39 is 0 Å². The van der Waals surface area contributed by atoms with Crippen LogP contribution < -0.4 is 4.87 Å². The average molecular weight is 246 g/mol. The summed E-state index contributed by atoms with van der Waals surface area (Å²) in [7, 11) is 1.58. The Morgan fingerprint density at radius 2 is 2.40 bits per heavy atom. The molecule has 2 aromatic rings. The molecule has 0 aromatic carbocycles. The molecule has 0 N–H and O–H groups in total. The lowest BCUT2D eigenvalue weighted by molar-refractivity contribution is 0.187. The number of aromatic nitrogens is 3. The molecule has 5 nitrogen and oxygen atoms in total. The van der Waals surface area contributed by atoms with Gasteiger partial charge in [-0.1, -0.05) is 22.9 Å². The number of rotatable bonds is 3.